The van der Waals surface area contributed by atoms with E-state index in [2.05, 4.69) is 5.92 Å². The fourth-order valence-electron chi connectivity index (χ4n) is 1.55. The zero-order chi connectivity index (χ0) is 8.70. The minimum Gasteiger partial charge on any atom is -0.207 e. The molecule has 0 spiro atoms. The molecule has 0 saturated heterocycles. The van der Waals surface area contributed by atoms with Crippen molar-refractivity contribution in [3.8, 4) is 12.3 Å². The first-order chi connectivity index (χ1) is 4.92. The lowest BCUT2D eigenvalue weighted by Gasteiger charge is -2.46. The largest absolute Gasteiger partial charge is 0.251 e. The monoisotopic (exact) mass is 158 g/mol. The molecule has 11 heavy (non-hydrogen) atoms. The molecule has 62 valence electrons. The van der Waals surface area contributed by atoms with Crippen molar-refractivity contribution < 1.29 is 8.78 Å². The molecular weight excluding hydrogens is 146 g/mol. The van der Waals surface area contributed by atoms with Crippen LogP contribution in [0.3, 0.4) is 0 Å². The van der Waals surface area contributed by atoms with Crippen molar-refractivity contribution in [2.24, 2.45) is 11.3 Å². The van der Waals surface area contributed by atoms with E-state index in [9.17, 15) is 8.78 Å². The predicted octanol–water partition coefficient (Wildman–Crippen LogP) is 2.69. The molecule has 0 N–H and O–H groups in total. The lowest BCUT2D eigenvalue weighted by Crippen LogP contribution is -2.48. The van der Waals surface area contributed by atoms with Crippen molar-refractivity contribution in [1.82, 2.24) is 0 Å². The Hall–Kier alpha value is -0.580. The third-order valence-electron chi connectivity index (χ3n) is 2.54. The Labute approximate surface area is 66.0 Å². The Kier molecular flexibility index (Phi) is 1.70. The average molecular weight is 158 g/mol. The fraction of sp³-hybridized carbons (Fsp3) is 0.778. The van der Waals surface area contributed by atoms with Gasteiger partial charge < -0.3 is 0 Å². The topological polar surface area (TPSA) is 0 Å². The highest BCUT2D eigenvalue weighted by atomic mass is 19.3. The van der Waals surface area contributed by atoms with Crippen LogP contribution in [0.2, 0.25) is 0 Å². The molecule has 1 aliphatic carbocycles. The predicted molar refractivity (Wildman–Crippen MR) is 40.3 cm³/mol. The maximum absolute atomic E-state index is 12.5. The van der Waals surface area contributed by atoms with Crippen LogP contribution in [0.4, 0.5) is 8.78 Å². The molecule has 0 aromatic heterocycles. The zero-order valence-electron chi connectivity index (χ0n) is 6.82. The van der Waals surface area contributed by atoms with Gasteiger partial charge in [0, 0.05) is 18.3 Å². The minimum absolute atomic E-state index is 0.131. The van der Waals surface area contributed by atoms with Gasteiger partial charge in [-0.05, 0) is 5.92 Å². The Bertz CT molecular complexity index is 190. The Morgan fingerprint density at radius 2 is 1.82 bits per heavy atom. The van der Waals surface area contributed by atoms with Crippen LogP contribution in [0.1, 0.15) is 26.7 Å². The molecule has 0 nitrogen and oxygen atoms in total. The van der Waals surface area contributed by atoms with E-state index >= 15 is 0 Å². The molecule has 0 unspecified atom stereocenters. The van der Waals surface area contributed by atoms with Gasteiger partial charge in [-0.15, -0.1) is 6.42 Å². The van der Waals surface area contributed by atoms with Gasteiger partial charge in [0.2, 0.25) is 0 Å². The SMILES string of the molecule is C#CC1(C(C)C)CC(F)(F)C1. The first-order valence-electron chi connectivity index (χ1n) is 3.77. The summed E-state index contributed by atoms with van der Waals surface area (Å²) in [5, 5.41) is 0. The number of rotatable bonds is 1. The van der Waals surface area contributed by atoms with E-state index in [1.807, 2.05) is 13.8 Å². The highest BCUT2D eigenvalue weighted by Crippen LogP contribution is 2.55. The molecular formula is C9H12F2. The Morgan fingerprint density at radius 3 is 1.91 bits per heavy atom. The summed E-state index contributed by atoms with van der Waals surface area (Å²) in [6.45, 7) is 3.80. The summed E-state index contributed by atoms with van der Waals surface area (Å²) < 4.78 is 25.0. The van der Waals surface area contributed by atoms with E-state index in [0.29, 0.717) is 0 Å². The standard InChI is InChI=1S/C9H12F2/c1-4-8(7(2)3)5-9(10,11)6-8/h1,7H,5-6H2,2-3H3. The van der Waals surface area contributed by atoms with Crippen LogP contribution in [0.25, 0.3) is 0 Å². The number of hydrogen-bond donors (Lipinski definition) is 0. The molecule has 2 heteroatoms. The summed E-state index contributed by atoms with van der Waals surface area (Å²) >= 11 is 0. The van der Waals surface area contributed by atoms with Gasteiger partial charge in [0.1, 0.15) is 0 Å². The normalized spacial score (nSPS) is 25.8. The molecule has 0 aromatic carbocycles. The summed E-state index contributed by atoms with van der Waals surface area (Å²) in [5.74, 6) is 0.146. The number of alkyl halides is 2. The molecule has 0 atom stereocenters. The Morgan fingerprint density at radius 1 is 1.36 bits per heavy atom. The number of hydrogen-bond acceptors (Lipinski definition) is 0. The lowest BCUT2D eigenvalue weighted by atomic mass is 9.60. The lowest BCUT2D eigenvalue weighted by molar-refractivity contribution is -0.152. The van der Waals surface area contributed by atoms with Crippen molar-refractivity contribution in [3.05, 3.63) is 0 Å². The molecule has 0 radical (unpaired) electrons. The quantitative estimate of drug-likeness (QED) is 0.515. The van der Waals surface area contributed by atoms with E-state index in [4.69, 9.17) is 6.42 Å². The molecule has 1 rings (SSSR count). The van der Waals surface area contributed by atoms with E-state index in [0.717, 1.165) is 0 Å². The van der Waals surface area contributed by atoms with Crippen molar-refractivity contribution in [2.45, 2.75) is 32.6 Å². The highest BCUT2D eigenvalue weighted by molar-refractivity contribution is 5.17. The third-order valence-corrected chi connectivity index (χ3v) is 2.54. The second-order valence-corrected chi connectivity index (χ2v) is 3.66. The first-order valence-corrected chi connectivity index (χ1v) is 3.77. The van der Waals surface area contributed by atoms with Crippen LogP contribution in [-0.2, 0) is 0 Å². The van der Waals surface area contributed by atoms with Crippen molar-refractivity contribution >= 4 is 0 Å². The van der Waals surface area contributed by atoms with Gasteiger partial charge in [-0.1, -0.05) is 19.8 Å². The smallest absolute Gasteiger partial charge is 0.207 e. The summed E-state index contributed by atoms with van der Waals surface area (Å²) in [7, 11) is 0. The summed E-state index contributed by atoms with van der Waals surface area (Å²) in [5.41, 5.74) is -0.524. The zero-order valence-corrected chi connectivity index (χ0v) is 6.82. The van der Waals surface area contributed by atoms with Gasteiger partial charge in [0.05, 0.1) is 0 Å². The fourth-order valence-corrected chi connectivity index (χ4v) is 1.55. The molecule has 0 aliphatic heterocycles. The summed E-state index contributed by atoms with van der Waals surface area (Å²) in [6.07, 6.45) is 4.95. The number of terminal acetylenes is 1. The molecule has 1 saturated carbocycles. The molecule has 0 bridgehead atoms. The van der Waals surface area contributed by atoms with Gasteiger partial charge in [-0.2, -0.15) is 0 Å². The maximum Gasteiger partial charge on any atom is 0.251 e. The molecule has 0 aromatic rings. The van der Waals surface area contributed by atoms with Gasteiger partial charge in [0.25, 0.3) is 5.92 Å². The average Bonchev–Trinajstić information content (AvgIpc) is 1.81. The summed E-state index contributed by atoms with van der Waals surface area (Å²) in [6, 6.07) is 0. The number of halogens is 2. The molecule has 1 fully saturated rings. The van der Waals surface area contributed by atoms with E-state index < -0.39 is 11.3 Å². The van der Waals surface area contributed by atoms with Crippen LogP contribution in [0.5, 0.6) is 0 Å². The van der Waals surface area contributed by atoms with Gasteiger partial charge in [-0.3, -0.25) is 0 Å². The van der Waals surface area contributed by atoms with Crippen LogP contribution in [0.15, 0.2) is 0 Å². The van der Waals surface area contributed by atoms with E-state index in [1.54, 1.807) is 0 Å². The minimum atomic E-state index is -2.50. The van der Waals surface area contributed by atoms with Crippen molar-refractivity contribution in [2.75, 3.05) is 0 Å². The molecule has 0 amide bonds. The van der Waals surface area contributed by atoms with Crippen LogP contribution >= 0.6 is 0 Å². The maximum atomic E-state index is 12.5. The van der Waals surface area contributed by atoms with Crippen molar-refractivity contribution in [1.29, 1.82) is 0 Å². The third kappa shape index (κ3) is 1.24. The highest BCUT2D eigenvalue weighted by Gasteiger charge is 2.56. The molecule has 0 heterocycles. The summed E-state index contributed by atoms with van der Waals surface area (Å²) in [4.78, 5) is 0. The Balaban J connectivity index is 2.67. The van der Waals surface area contributed by atoms with Crippen molar-refractivity contribution in [3.63, 3.8) is 0 Å². The van der Waals surface area contributed by atoms with E-state index in [1.165, 1.54) is 0 Å². The van der Waals surface area contributed by atoms with Crippen LogP contribution < -0.4 is 0 Å². The van der Waals surface area contributed by atoms with Gasteiger partial charge >= 0.3 is 0 Å². The second-order valence-electron chi connectivity index (χ2n) is 3.66. The molecule has 1 aliphatic rings. The second kappa shape index (κ2) is 2.20. The first kappa shape index (κ1) is 8.52. The van der Waals surface area contributed by atoms with Crippen LogP contribution in [0, 0.1) is 23.7 Å². The van der Waals surface area contributed by atoms with E-state index in [-0.39, 0.29) is 18.8 Å². The van der Waals surface area contributed by atoms with Gasteiger partial charge in [0.15, 0.2) is 0 Å². The van der Waals surface area contributed by atoms with Crippen LogP contribution in [-0.4, -0.2) is 5.92 Å². The van der Waals surface area contributed by atoms with Gasteiger partial charge in [-0.25, -0.2) is 8.78 Å².